The Morgan fingerprint density at radius 3 is 2.52 bits per heavy atom. The Bertz CT molecular complexity index is 479. The van der Waals surface area contributed by atoms with E-state index in [9.17, 15) is 9.59 Å². The van der Waals surface area contributed by atoms with Crippen LogP contribution in [0.5, 0.6) is 0 Å². The Morgan fingerprint density at radius 1 is 1.33 bits per heavy atom. The fourth-order valence-electron chi connectivity index (χ4n) is 2.37. The van der Waals surface area contributed by atoms with E-state index in [2.05, 4.69) is 9.88 Å². The van der Waals surface area contributed by atoms with Gasteiger partial charge in [-0.3, -0.25) is 4.79 Å². The molecule has 3 N–H and O–H groups in total. The first kappa shape index (κ1) is 15.8. The molecule has 0 aromatic carbocycles. The molecule has 7 heteroatoms. The van der Waals surface area contributed by atoms with Crippen molar-refractivity contribution < 1.29 is 9.59 Å². The number of carbonyl (C=O) groups is 1. The molecule has 0 aliphatic carbocycles. The number of aromatic nitrogens is 1. The summed E-state index contributed by atoms with van der Waals surface area (Å²) in [6.07, 6.45) is 2.23. The van der Waals surface area contributed by atoms with Crippen LogP contribution in [0, 0.1) is 0 Å². The molecule has 0 saturated carbocycles. The lowest BCUT2D eigenvalue weighted by Gasteiger charge is -2.36. The molecule has 2 heterocycles. The molecule has 6 nitrogen and oxygen atoms in total. The van der Waals surface area contributed by atoms with Crippen LogP contribution in [0.2, 0.25) is 19.1 Å². The number of rotatable bonds is 4. The summed E-state index contributed by atoms with van der Waals surface area (Å²) in [6.45, 7) is 6.78. The number of hydrogen-bond acceptors (Lipinski definition) is 5. The van der Waals surface area contributed by atoms with Gasteiger partial charge in [0.15, 0.2) is 8.32 Å². The van der Waals surface area contributed by atoms with E-state index >= 15 is 0 Å². The van der Waals surface area contributed by atoms with Gasteiger partial charge < -0.3 is 20.3 Å². The quantitative estimate of drug-likeness (QED) is 0.808. The summed E-state index contributed by atoms with van der Waals surface area (Å²) in [5.74, 6) is 0.669. The maximum Gasteiger partial charge on any atom is 0.222 e. The Hall–Kier alpha value is -1.60. The molecular weight excluding hydrogens is 284 g/mol. The summed E-state index contributed by atoms with van der Waals surface area (Å²) >= 11 is 0. The molecule has 1 fully saturated rings. The first-order valence-corrected chi connectivity index (χ1v) is 10.5. The Morgan fingerprint density at radius 2 is 2.00 bits per heavy atom. The summed E-state index contributed by atoms with van der Waals surface area (Å²) in [7, 11) is -2.13. The van der Waals surface area contributed by atoms with Gasteiger partial charge in [-0.05, 0) is 31.3 Å². The SMILES string of the molecule is C[Si](C)(O)CCC(=O)N1CCN(c2ccc(N)nc2)CC1. The van der Waals surface area contributed by atoms with Crippen LogP contribution < -0.4 is 10.6 Å². The van der Waals surface area contributed by atoms with Gasteiger partial charge in [-0.25, -0.2) is 4.98 Å². The zero-order valence-corrected chi connectivity index (χ0v) is 13.7. The minimum absolute atomic E-state index is 0.153. The van der Waals surface area contributed by atoms with Crippen LogP contribution >= 0.6 is 0 Å². The molecule has 21 heavy (non-hydrogen) atoms. The summed E-state index contributed by atoms with van der Waals surface area (Å²) in [5.41, 5.74) is 6.63. The molecule has 1 amide bonds. The second-order valence-corrected chi connectivity index (χ2v) is 10.2. The van der Waals surface area contributed by atoms with E-state index in [1.807, 2.05) is 24.1 Å². The highest BCUT2D eigenvalue weighted by Gasteiger charge is 2.24. The lowest BCUT2D eigenvalue weighted by atomic mass is 10.2. The predicted molar refractivity (Wildman–Crippen MR) is 86.6 cm³/mol. The standard InChI is InChI=1S/C14H24N4O2Si/c1-21(2,20)10-5-14(19)18-8-6-17(7-9-18)12-3-4-13(15)16-11-12/h3-4,11,20H,5-10H2,1-2H3,(H2,15,16). The maximum absolute atomic E-state index is 12.1. The average molecular weight is 308 g/mol. The van der Waals surface area contributed by atoms with E-state index in [0.29, 0.717) is 18.3 Å². The number of piperazine rings is 1. The van der Waals surface area contributed by atoms with Crippen LogP contribution in [-0.4, -0.2) is 55.1 Å². The van der Waals surface area contributed by atoms with E-state index in [1.54, 1.807) is 12.3 Å². The highest BCUT2D eigenvalue weighted by molar-refractivity contribution is 6.69. The van der Waals surface area contributed by atoms with Gasteiger partial charge in [0.05, 0.1) is 11.9 Å². The minimum Gasteiger partial charge on any atom is -0.432 e. The number of anilines is 2. The van der Waals surface area contributed by atoms with Crippen molar-refractivity contribution in [3.63, 3.8) is 0 Å². The molecular formula is C14H24N4O2Si. The molecule has 1 aromatic rings. The van der Waals surface area contributed by atoms with Gasteiger partial charge in [-0.15, -0.1) is 0 Å². The smallest absolute Gasteiger partial charge is 0.222 e. The van der Waals surface area contributed by atoms with Crippen molar-refractivity contribution >= 4 is 25.7 Å². The highest BCUT2D eigenvalue weighted by atomic mass is 28.4. The number of amides is 1. The number of hydrogen-bond donors (Lipinski definition) is 2. The summed E-state index contributed by atoms with van der Waals surface area (Å²) in [6, 6.07) is 4.38. The van der Waals surface area contributed by atoms with E-state index in [4.69, 9.17) is 5.73 Å². The van der Waals surface area contributed by atoms with Crippen molar-refractivity contribution in [3.05, 3.63) is 18.3 Å². The fourth-order valence-corrected chi connectivity index (χ4v) is 3.20. The van der Waals surface area contributed by atoms with Gasteiger partial charge in [0.25, 0.3) is 0 Å². The van der Waals surface area contributed by atoms with E-state index in [1.165, 1.54) is 0 Å². The fraction of sp³-hybridized carbons (Fsp3) is 0.571. The number of nitrogen functional groups attached to an aromatic ring is 1. The average Bonchev–Trinajstić information content (AvgIpc) is 2.45. The second kappa shape index (κ2) is 6.44. The van der Waals surface area contributed by atoms with Crippen LogP contribution in [0.4, 0.5) is 11.5 Å². The van der Waals surface area contributed by atoms with Crippen LogP contribution in [0.15, 0.2) is 18.3 Å². The first-order chi connectivity index (χ1) is 9.85. The Labute approximate surface area is 126 Å². The van der Waals surface area contributed by atoms with Crippen LogP contribution in [0.25, 0.3) is 0 Å². The van der Waals surface area contributed by atoms with Crippen molar-refractivity contribution in [3.8, 4) is 0 Å². The van der Waals surface area contributed by atoms with Crippen LogP contribution in [0.1, 0.15) is 6.42 Å². The molecule has 1 aromatic heterocycles. The number of pyridine rings is 1. The molecule has 116 valence electrons. The molecule has 1 saturated heterocycles. The molecule has 0 spiro atoms. The van der Waals surface area contributed by atoms with Crippen LogP contribution in [-0.2, 0) is 4.79 Å². The lowest BCUT2D eigenvalue weighted by Crippen LogP contribution is -2.49. The normalized spacial score (nSPS) is 16.1. The van der Waals surface area contributed by atoms with Crippen molar-refractivity contribution in [2.24, 2.45) is 0 Å². The van der Waals surface area contributed by atoms with E-state index < -0.39 is 8.32 Å². The lowest BCUT2D eigenvalue weighted by molar-refractivity contribution is -0.131. The second-order valence-electron chi connectivity index (χ2n) is 6.12. The van der Waals surface area contributed by atoms with Crippen molar-refractivity contribution in [2.45, 2.75) is 25.6 Å². The first-order valence-electron chi connectivity index (χ1n) is 7.32. The minimum atomic E-state index is -2.13. The molecule has 0 bridgehead atoms. The third-order valence-electron chi connectivity index (χ3n) is 3.72. The monoisotopic (exact) mass is 308 g/mol. The van der Waals surface area contributed by atoms with E-state index in [0.717, 1.165) is 31.9 Å². The molecule has 0 atom stereocenters. The summed E-state index contributed by atoms with van der Waals surface area (Å²) in [4.78, 5) is 30.1. The maximum atomic E-state index is 12.1. The Balaban J connectivity index is 1.82. The largest absolute Gasteiger partial charge is 0.432 e. The zero-order chi connectivity index (χ0) is 15.5. The number of nitrogens with two attached hydrogens (primary N) is 1. The molecule has 2 rings (SSSR count). The van der Waals surface area contributed by atoms with Gasteiger partial charge in [-0.2, -0.15) is 0 Å². The molecule has 1 aliphatic heterocycles. The number of carbonyl (C=O) groups excluding carboxylic acids is 1. The summed E-state index contributed by atoms with van der Waals surface area (Å²) < 4.78 is 0. The molecule has 0 radical (unpaired) electrons. The van der Waals surface area contributed by atoms with Gasteiger partial charge in [0.1, 0.15) is 5.82 Å². The van der Waals surface area contributed by atoms with E-state index in [-0.39, 0.29) is 5.91 Å². The van der Waals surface area contributed by atoms with Gasteiger partial charge in [0, 0.05) is 32.6 Å². The van der Waals surface area contributed by atoms with Gasteiger partial charge in [-0.1, -0.05) is 0 Å². The summed E-state index contributed by atoms with van der Waals surface area (Å²) in [5, 5.41) is 0. The molecule has 0 unspecified atom stereocenters. The van der Waals surface area contributed by atoms with Crippen molar-refractivity contribution in [2.75, 3.05) is 36.8 Å². The van der Waals surface area contributed by atoms with Crippen LogP contribution in [0.3, 0.4) is 0 Å². The predicted octanol–water partition coefficient (Wildman–Crippen LogP) is 0.900. The third kappa shape index (κ3) is 4.71. The van der Waals surface area contributed by atoms with Gasteiger partial charge >= 0.3 is 0 Å². The molecule has 1 aliphatic rings. The topological polar surface area (TPSA) is 82.7 Å². The number of nitrogens with zero attached hydrogens (tertiary/aromatic N) is 3. The highest BCUT2D eigenvalue weighted by Crippen LogP contribution is 2.17. The van der Waals surface area contributed by atoms with Crippen molar-refractivity contribution in [1.82, 2.24) is 9.88 Å². The zero-order valence-electron chi connectivity index (χ0n) is 12.7. The third-order valence-corrected chi connectivity index (χ3v) is 5.19. The van der Waals surface area contributed by atoms with Crippen molar-refractivity contribution in [1.29, 1.82) is 0 Å². The Kier molecular flexibility index (Phi) is 4.84. The van der Waals surface area contributed by atoms with Gasteiger partial charge in [0.2, 0.25) is 5.91 Å².